The monoisotopic (exact) mass is 302 g/mol. The Balaban J connectivity index is 2.11. The minimum absolute atomic E-state index is 0.0657. The van der Waals surface area contributed by atoms with E-state index in [-0.39, 0.29) is 6.04 Å². The maximum absolute atomic E-state index is 12.3. The van der Waals surface area contributed by atoms with Crippen LogP contribution in [0.25, 0.3) is 0 Å². The van der Waals surface area contributed by atoms with Crippen molar-refractivity contribution in [2.45, 2.75) is 55.8 Å². The van der Waals surface area contributed by atoms with Crippen molar-refractivity contribution in [3.63, 3.8) is 0 Å². The molecule has 3 N–H and O–H groups in total. The molecular weight excluding hydrogens is 280 g/mol. The van der Waals surface area contributed by atoms with Gasteiger partial charge in [0.1, 0.15) is 4.21 Å². The van der Waals surface area contributed by atoms with E-state index in [0.717, 1.165) is 24.8 Å². The van der Waals surface area contributed by atoms with Crippen LogP contribution in [0.5, 0.6) is 0 Å². The van der Waals surface area contributed by atoms with Gasteiger partial charge in [-0.25, -0.2) is 13.1 Å². The van der Waals surface area contributed by atoms with Gasteiger partial charge >= 0.3 is 0 Å². The lowest BCUT2D eigenvalue weighted by atomic mass is 9.98. The van der Waals surface area contributed by atoms with Crippen LogP contribution in [0, 0.1) is 5.92 Å². The van der Waals surface area contributed by atoms with Gasteiger partial charge in [0.15, 0.2) is 0 Å². The second-order valence-electron chi connectivity index (χ2n) is 5.32. The van der Waals surface area contributed by atoms with E-state index in [4.69, 9.17) is 5.73 Å². The minimum atomic E-state index is -3.39. The number of nitrogens with one attached hydrogen (secondary N) is 1. The zero-order chi connectivity index (χ0) is 13.9. The summed E-state index contributed by atoms with van der Waals surface area (Å²) in [5, 5.41) is 1.81. The molecule has 1 aliphatic rings. The first-order valence-corrected chi connectivity index (χ1v) is 9.19. The molecule has 6 heteroatoms. The maximum Gasteiger partial charge on any atom is 0.250 e. The predicted molar refractivity (Wildman–Crippen MR) is 78.6 cm³/mol. The average molecular weight is 302 g/mol. The highest BCUT2D eigenvalue weighted by molar-refractivity contribution is 7.91. The van der Waals surface area contributed by atoms with Gasteiger partial charge in [-0.3, -0.25) is 0 Å². The van der Waals surface area contributed by atoms with Gasteiger partial charge < -0.3 is 5.73 Å². The van der Waals surface area contributed by atoms with E-state index in [9.17, 15) is 8.42 Å². The molecule has 2 unspecified atom stereocenters. The minimum Gasteiger partial charge on any atom is -0.326 e. The Morgan fingerprint density at radius 3 is 2.79 bits per heavy atom. The molecule has 4 nitrogen and oxygen atoms in total. The lowest BCUT2D eigenvalue weighted by Crippen LogP contribution is -2.38. The molecule has 2 rings (SSSR count). The van der Waals surface area contributed by atoms with Crippen molar-refractivity contribution in [3.8, 4) is 0 Å². The average Bonchev–Trinajstić information content (AvgIpc) is 2.78. The third-order valence-electron chi connectivity index (χ3n) is 3.80. The fourth-order valence-corrected chi connectivity index (χ4v) is 5.14. The summed E-state index contributed by atoms with van der Waals surface area (Å²) in [7, 11) is -3.39. The van der Waals surface area contributed by atoms with Crippen LogP contribution in [0.4, 0.5) is 0 Å². The molecule has 0 amide bonds. The molecule has 0 radical (unpaired) electrons. The first-order valence-electron chi connectivity index (χ1n) is 6.83. The molecule has 1 aromatic heterocycles. The Morgan fingerprint density at radius 2 is 2.11 bits per heavy atom. The molecule has 1 aromatic rings. The number of hydrogen-bond acceptors (Lipinski definition) is 4. The summed E-state index contributed by atoms with van der Waals surface area (Å²) in [6.45, 7) is 2.52. The van der Waals surface area contributed by atoms with Gasteiger partial charge in [-0.15, -0.1) is 11.3 Å². The zero-order valence-corrected chi connectivity index (χ0v) is 12.9. The quantitative estimate of drug-likeness (QED) is 0.839. The molecule has 108 valence electrons. The van der Waals surface area contributed by atoms with E-state index < -0.39 is 10.0 Å². The summed E-state index contributed by atoms with van der Waals surface area (Å²) in [4.78, 5) is 0. The molecule has 1 saturated carbocycles. The van der Waals surface area contributed by atoms with Crippen LogP contribution >= 0.6 is 11.3 Å². The van der Waals surface area contributed by atoms with Crippen LogP contribution in [-0.4, -0.2) is 14.5 Å². The van der Waals surface area contributed by atoms with Gasteiger partial charge in [-0.05, 0) is 35.8 Å². The van der Waals surface area contributed by atoms with E-state index in [1.165, 1.54) is 24.2 Å². The molecular formula is C13H22N2O2S2. The number of thiophene rings is 1. The van der Waals surface area contributed by atoms with Gasteiger partial charge in [0.25, 0.3) is 0 Å². The van der Waals surface area contributed by atoms with Crippen LogP contribution in [0.1, 0.15) is 44.6 Å². The Morgan fingerprint density at radius 1 is 1.37 bits per heavy atom. The van der Waals surface area contributed by atoms with Crippen molar-refractivity contribution in [3.05, 3.63) is 17.0 Å². The molecule has 0 saturated heterocycles. The molecule has 1 fully saturated rings. The van der Waals surface area contributed by atoms with Crippen molar-refractivity contribution in [1.29, 1.82) is 0 Å². The molecule has 1 aliphatic carbocycles. The van der Waals surface area contributed by atoms with E-state index in [1.807, 2.05) is 5.38 Å². The summed E-state index contributed by atoms with van der Waals surface area (Å²) in [6.07, 6.45) is 5.56. The van der Waals surface area contributed by atoms with Crippen LogP contribution in [0.15, 0.2) is 15.7 Å². The van der Waals surface area contributed by atoms with Crippen molar-refractivity contribution >= 4 is 21.4 Å². The molecule has 0 aliphatic heterocycles. The van der Waals surface area contributed by atoms with E-state index in [2.05, 4.69) is 11.6 Å². The van der Waals surface area contributed by atoms with E-state index in [1.54, 1.807) is 6.07 Å². The Bertz CT molecular complexity index is 510. The zero-order valence-electron chi connectivity index (χ0n) is 11.3. The third kappa shape index (κ3) is 3.78. The summed E-state index contributed by atoms with van der Waals surface area (Å²) in [6, 6.07) is 1.74. The number of rotatable bonds is 4. The fourth-order valence-electron chi connectivity index (χ4n) is 2.53. The Kier molecular flexibility index (Phi) is 5.00. The smallest absolute Gasteiger partial charge is 0.250 e. The van der Waals surface area contributed by atoms with Crippen molar-refractivity contribution in [1.82, 2.24) is 4.72 Å². The van der Waals surface area contributed by atoms with Gasteiger partial charge in [0.05, 0.1) is 0 Å². The van der Waals surface area contributed by atoms with Crippen LogP contribution in [-0.2, 0) is 16.6 Å². The Labute approximate surface area is 119 Å². The normalized spacial score (nSPS) is 25.2. The first-order chi connectivity index (χ1) is 9.03. The predicted octanol–water partition coefficient (Wildman–Crippen LogP) is 2.45. The summed E-state index contributed by atoms with van der Waals surface area (Å²) in [5.74, 6) is 0.409. The fraction of sp³-hybridized carbons (Fsp3) is 0.692. The third-order valence-corrected chi connectivity index (χ3v) is 6.78. The van der Waals surface area contributed by atoms with Crippen molar-refractivity contribution in [2.75, 3.05) is 0 Å². The first kappa shape index (κ1) is 15.0. The van der Waals surface area contributed by atoms with Gasteiger partial charge in [0.2, 0.25) is 10.0 Å². The molecule has 0 spiro atoms. The van der Waals surface area contributed by atoms with Crippen LogP contribution in [0.3, 0.4) is 0 Å². The largest absolute Gasteiger partial charge is 0.326 e. The maximum atomic E-state index is 12.3. The summed E-state index contributed by atoms with van der Waals surface area (Å²) >= 11 is 1.25. The molecule has 2 atom stereocenters. The van der Waals surface area contributed by atoms with Crippen LogP contribution < -0.4 is 10.5 Å². The molecule has 0 aromatic carbocycles. The highest BCUT2D eigenvalue weighted by Crippen LogP contribution is 2.26. The summed E-state index contributed by atoms with van der Waals surface area (Å²) in [5.41, 5.74) is 6.40. The number of hydrogen-bond donors (Lipinski definition) is 2. The van der Waals surface area contributed by atoms with E-state index >= 15 is 0 Å². The van der Waals surface area contributed by atoms with Crippen molar-refractivity contribution in [2.24, 2.45) is 11.7 Å². The molecule has 0 bridgehead atoms. The lowest BCUT2D eigenvalue weighted by Gasteiger charge is -2.22. The lowest BCUT2D eigenvalue weighted by molar-refractivity contribution is 0.400. The number of sulfonamides is 1. The second kappa shape index (κ2) is 6.35. The van der Waals surface area contributed by atoms with Crippen molar-refractivity contribution < 1.29 is 8.42 Å². The topological polar surface area (TPSA) is 72.2 Å². The summed E-state index contributed by atoms with van der Waals surface area (Å²) < 4.78 is 28.0. The van der Waals surface area contributed by atoms with Gasteiger partial charge in [-0.2, -0.15) is 0 Å². The van der Waals surface area contributed by atoms with Gasteiger partial charge in [0, 0.05) is 12.6 Å². The number of nitrogens with two attached hydrogens (primary N) is 1. The second-order valence-corrected chi connectivity index (χ2v) is 8.17. The van der Waals surface area contributed by atoms with E-state index in [0.29, 0.717) is 16.7 Å². The molecule has 19 heavy (non-hydrogen) atoms. The molecule has 1 heterocycles. The van der Waals surface area contributed by atoms with Crippen LogP contribution in [0.2, 0.25) is 0 Å². The van der Waals surface area contributed by atoms with Gasteiger partial charge in [-0.1, -0.05) is 26.2 Å². The Hall–Kier alpha value is -0.430. The SMILES string of the molecule is CC1CCCCCC1NS(=O)(=O)c1cc(CN)cs1. The highest BCUT2D eigenvalue weighted by Gasteiger charge is 2.26. The highest BCUT2D eigenvalue weighted by atomic mass is 32.2. The standard InChI is InChI=1S/C13H22N2O2S2/c1-10-5-3-2-4-6-12(10)15-19(16,17)13-7-11(8-14)9-18-13/h7,9-10,12,15H,2-6,8,14H2,1H3.